The van der Waals surface area contributed by atoms with Crippen LogP contribution in [0.15, 0.2) is 48.5 Å². The second kappa shape index (κ2) is 10.8. The fraction of sp³-hybridized carbons (Fsp3) is 0.519. The average molecular weight is 482 g/mol. The molecule has 4 aliphatic heterocycles. The lowest BCUT2D eigenvalue weighted by Gasteiger charge is -2.51. The van der Waals surface area contributed by atoms with E-state index < -0.39 is 0 Å². The Kier molecular flexibility index (Phi) is 7.39. The van der Waals surface area contributed by atoms with E-state index in [1.54, 1.807) is 19.2 Å². The molecule has 6 rings (SSSR count). The first-order valence-electron chi connectivity index (χ1n) is 12.7. The van der Waals surface area contributed by atoms with Gasteiger partial charge in [0.2, 0.25) is 0 Å². The highest BCUT2D eigenvalue weighted by Crippen LogP contribution is 2.36. The van der Waals surface area contributed by atoms with E-state index in [1.807, 2.05) is 36.4 Å². The van der Waals surface area contributed by atoms with Crippen molar-refractivity contribution in [1.29, 1.82) is 0 Å². The highest BCUT2D eigenvalue weighted by molar-refractivity contribution is 5.89. The zero-order valence-corrected chi connectivity index (χ0v) is 20.5. The van der Waals surface area contributed by atoms with Gasteiger partial charge in [-0.1, -0.05) is 0 Å². The molecule has 2 aromatic rings. The summed E-state index contributed by atoms with van der Waals surface area (Å²) in [6.45, 7) is 8.17. The standard InChI is InChI=1S/C27H36FN5O2/c1-35-26-8-4-23(5-9-26)30-27(34)29-17-25-16-20-10-11-33(25)19-21(20)18-31-12-14-32(15-13-31)24-6-2-22(28)3-7-24/h2-9,20-21,25H,10-19H2,1H3,(H2,29,30,34). The minimum atomic E-state index is -0.180. The Hall–Kier alpha value is -2.84. The molecule has 4 fully saturated rings. The molecule has 35 heavy (non-hydrogen) atoms. The van der Waals surface area contributed by atoms with Crippen molar-refractivity contribution in [2.45, 2.75) is 18.9 Å². The van der Waals surface area contributed by atoms with Crippen LogP contribution in [-0.4, -0.2) is 81.3 Å². The van der Waals surface area contributed by atoms with Crippen molar-refractivity contribution in [1.82, 2.24) is 15.1 Å². The minimum Gasteiger partial charge on any atom is -0.497 e. The van der Waals surface area contributed by atoms with Crippen molar-refractivity contribution >= 4 is 17.4 Å². The molecule has 4 atom stereocenters. The predicted molar refractivity (Wildman–Crippen MR) is 137 cm³/mol. The number of amides is 2. The first-order valence-corrected chi connectivity index (χ1v) is 12.7. The summed E-state index contributed by atoms with van der Waals surface area (Å²) in [4.78, 5) is 19.9. The topological polar surface area (TPSA) is 60.1 Å². The van der Waals surface area contributed by atoms with E-state index in [2.05, 4.69) is 25.3 Å². The van der Waals surface area contributed by atoms with Crippen LogP contribution in [0.5, 0.6) is 5.75 Å². The summed E-state index contributed by atoms with van der Waals surface area (Å²) >= 11 is 0. The SMILES string of the molecule is COc1ccc(NC(=O)NCC2CC3CCN2CC3CN2CCN(c3ccc(F)cc3)CC2)cc1. The fourth-order valence-electron chi connectivity index (χ4n) is 5.90. The highest BCUT2D eigenvalue weighted by atomic mass is 19.1. The third-order valence-electron chi connectivity index (χ3n) is 7.92. The van der Waals surface area contributed by atoms with Gasteiger partial charge in [-0.25, -0.2) is 9.18 Å². The lowest BCUT2D eigenvalue weighted by molar-refractivity contribution is -0.0114. The molecule has 0 aliphatic carbocycles. The van der Waals surface area contributed by atoms with Crippen molar-refractivity contribution in [3.8, 4) is 5.75 Å². The maximum Gasteiger partial charge on any atom is 0.319 e. The molecular weight excluding hydrogens is 445 g/mol. The fourth-order valence-corrected chi connectivity index (χ4v) is 5.90. The molecule has 2 amide bonds. The van der Waals surface area contributed by atoms with E-state index in [0.717, 1.165) is 75.3 Å². The number of nitrogens with one attached hydrogen (secondary N) is 2. The van der Waals surface area contributed by atoms with Gasteiger partial charge in [-0.3, -0.25) is 9.80 Å². The van der Waals surface area contributed by atoms with Gasteiger partial charge >= 0.3 is 6.03 Å². The van der Waals surface area contributed by atoms with Crippen molar-refractivity contribution < 1.29 is 13.9 Å². The van der Waals surface area contributed by atoms with Gasteiger partial charge in [0.15, 0.2) is 0 Å². The molecule has 188 valence electrons. The molecule has 0 spiro atoms. The lowest BCUT2D eigenvalue weighted by atomic mass is 9.75. The summed E-state index contributed by atoms with van der Waals surface area (Å²) in [5, 5.41) is 5.98. The zero-order valence-electron chi connectivity index (χ0n) is 20.5. The Morgan fingerprint density at radius 3 is 2.43 bits per heavy atom. The second-order valence-corrected chi connectivity index (χ2v) is 10.0. The molecule has 2 aromatic carbocycles. The van der Waals surface area contributed by atoms with E-state index in [4.69, 9.17) is 4.74 Å². The van der Waals surface area contributed by atoms with Gasteiger partial charge in [0.05, 0.1) is 7.11 Å². The molecular formula is C27H36FN5O2. The molecule has 4 unspecified atom stereocenters. The van der Waals surface area contributed by atoms with Crippen LogP contribution in [0.2, 0.25) is 0 Å². The number of benzene rings is 2. The van der Waals surface area contributed by atoms with Gasteiger partial charge in [-0.05, 0) is 79.8 Å². The average Bonchev–Trinajstić information content (AvgIpc) is 2.89. The third-order valence-corrected chi connectivity index (χ3v) is 7.92. The monoisotopic (exact) mass is 481 g/mol. The first-order chi connectivity index (χ1) is 17.1. The number of piperazine rings is 1. The molecule has 0 aromatic heterocycles. The van der Waals surface area contributed by atoms with Crippen LogP contribution >= 0.6 is 0 Å². The number of ether oxygens (including phenoxy) is 1. The van der Waals surface area contributed by atoms with Gasteiger partial charge < -0.3 is 20.3 Å². The van der Waals surface area contributed by atoms with Gasteiger partial charge in [0.25, 0.3) is 0 Å². The number of methoxy groups -OCH3 is 1. The number of piperidine rings is 3. The smallest absolute Gasteiger partial charge is 0.319 e. The van der Waals surface area contributed by atoms with Crippen molar-refractivity contribution in [2.75, 3.05) is 69.7 Å². The largest absolute Gasteiger partial charge is 0.497 e. The normalized spacial score (nSPS) is 26.4. The number of fused-ring (bicyclic) bond motifs is 3. The maximum atomic E-state index is 13.2. The first kappa shape index (κ1) is 23.9. The van der Waals surface area contributed by atoms with Gasteiger partial charge in [0, 0.05) is 63.2 Å². The summed E-state index contributed by atoms with van der Waals surface area (Å²) in [6.07, 6.45) is 2.41. The van der Waals surface area contributed by atoms with E-state index in [1.165, 1.54) is 6.42 Å². The number of rotatable bonds is 7. The van der Waals surface area contributed by atoms with Gasteiger partial charge in [-0.15, -0.1) is 0 Å². The summed E-state index contributed by atoms with van der Waals surface area (Å²) in [5.74, 6) is 2.02. The number of hydrogen-bond acceptors (Lipinski definition) is 5. The maximum absolute atomic E-state index is 13.2. The third kappa shape index (κ3) is 5.87. The van der Waals surface area contributed by atoms with Crippen molar-refractivity contribution in [2.24, 2.45) is 11.8 Å². The molecule has 2 bridgehead atoms. The van der Waals surface area contributed by atoms with Crippen LogP contribution in [-0.2, 0) is 0 Å². The van der Waals surface area contributed by atoms with Crippen LogP contribution in [0, 0.1) is 17.7 Å². The molecule has 4 saturated heterocycles. The van der Waals surface area contributed by atoms with Crippen LogP contribution < -0.4 is 20.3 Å². The van der Waals surface area contributed by atoms with Crippen molar-refractivity contribution in [3.63, 3.8) is 0 Å². The molecule has 4 aliphatic rings. The van der Waals surface area contributed by atoms with E-state index in [-0.39, 0.29) is 11.8 Å². The summed E-state index contributed by atoms with van der Waals surface area (Å²) < 4.78 is 18.4. The predicted octanol–water partition coefficient (Wildman–Crippen LogP) is 3.49. The molecule has 0 saturated carbocycles. The Morgan fingerprint density at radius 1 is 1.03 bits per heavy atom. The Bertz CT molecular complexity index is 978. The number of anilines is 2. The summed E-state index contributed by atoms with van der Waals surface area (Å²) in [5.41, 5.74) is 1.87. The van der Waals surface area contributed by atoms with E-state index in [0.29, 0.717) is 18.5 Å². The minimum absolute atomic E-state index is 0.159. The molecule has 8 heteroatoms. The quantitative estimate of drug-likeness (QED) is 0.634. The summed E-state index contributed by atoms with van der Waals surface area (Å²) in [7, 11) is 1.63. The number of halogens is 1. The highest BCUT2D eigenvalue weighted by Gasteiger charge is 2.40. The molecule has 4 heterocycles. The van der Waals surface area contributed by atoms with Crippen LogP contribution in [0.3, 0.4) is 0 Å². The number of carbonyl (C=O) groups is 1. The number of carbonyl (C=O) groups excluding carboxylic acids is 1. The molecule has 0 radical (unpaired) electrons. The lowest BCUT2D eigenvalue weighted by Crippen LogP contribution is -2.59. The number of hydrogen-bond donors (Lipinski definition) is 2. The Morgan fingerprint density at radius 2 is 1.77 bits per heavy atom. The van der Waals surface area contributed by atoms with Crippen LogP contribution in [0.1, 0.15) is 12.8 Å². The number of nitrogens with zero attached hydrogens (tertiary/aromatic N) is 3. The second-order valence-electron chi connectivity index (χ2n) is 10.0. The van der Waals surface area contributed by atoms with Crippen LogP contribution in [0.4, 0.5) is 20.6 Å². The van der Waals surface area contributed by atoms with Crippen LogP contribution in [0.25, 0.3) is 0 Å². The number of urea groups is 1. The van der Waals surface area contributed by atoms with E-state index in [9.17, 15) is 9.18 Å². The Labute approximate surface area is 207 Å². The van der Waals surface area contributed by atoms with E-state index >= 15 is 0 Å². The molecule has 7 nitrogen and oxygen atoms in total. The van der Waals surface area contributed by atoms with Gasteiger partial charge in [-0.2, -0.15) is 0 Å². The molecule has 2 N–H and O–H groups in total. The summed E-state index contributed by atoms with van der Waals surface area (Å²) in [6, 6.07) is 14.5. The van der Waals surface area contributed by atoms with Gasteiger partial charge in [0.1, 0.15) is 11.6 Å². The zero-order chi connectivity index (χ0) is 24.2. The van der Waals surface area contributed by atoms with Crippen molar-refractivity contribution in [3.05, 3.63) is 54.3 Å². The Balaban J connectivity index is 1.05.